The molecular weight excluding hydrogens is 394 g/mol. The molecule has 28 heavy (non-hydrogen) atoms. The van der Waals surface area contributed by atoms with Gasteiger partial charge in [0.1, 0.15) is 5.00 Å². The van der Waals surface area contributed by atoms with E-state index in [0.717, 1.165) is 20.2 Å². The molecule has 0 spiro atoms. The summed E-state index contributed by atoms with van der Waals surface area (Å²) in [6.45, 7) is 2.01. The first-order chi connectivity index (χ1) is 13.5. The number of benzene rings is 2. The summed E-state index contributed by atoms with van der Waals surface area (Å²) in [4.78, 5) is 40.0. The van der Waals surface area contributed by atoms with E-state index in [2.05, 4.69) is 6.07 Å². The largest absolute Gasteiger partial charge is 0.478 e. The molecule has 1 aromatic heterocycles. The first kappa shape index (κ1) is 18.5. The summed E-state index contributed by atoms with van der Waals surface area (Å²) in [5.41, 5.74) is 1.72. The number of anilines is 1. The van der Waals surface area contributed by atoms with E-state index in [1.165, 1.54) is 11.3 Å². The Hall–Kier alpha value is -2.90. The van der Waals surface area contributed by atoms with Crippen molar-refractivity contribution in [3.05, 3.63) is 81.7 Å². The second kappa shape index (κ2) is 7.26. The predicted molar refractivity (Wildman–Crippen MR) is 110 cm³/mol. The molecule has 2 heterocycles. The summed E-state index contributed by atoms with van der Waals surface area (Å²) >= 11 is 2.75. The van der Waals surface area contributed by atoms with Crippen LogP contribution in [0, 0.1) is 6.92 Å². The highest BCUT2D eigenvalue weighted by Crippen LogP contribution is 2.39. The van der Waals surface area contributed by atoms with Crippen LogP contribution in [0.4, 0.5) is 5.00 Å². The third kappa shape index (κ3) is 3.23. The maximum Gasteiger partial charge on any atom is 0.338 e. The van der Waals surface area contributed by atoms with E-state index in [4.69, 9.17) is 0 Å². The number of amides is 2. The lowest BCUT2D eigenvalue weighted by molar-refractivity contribution is 0.0698. The molecule has 140 valence electrons. The lowest BCUT2D eigenvalue weighted by atomic mass is 10.1. The van der Waals surface area contributed by atoms with Gasteiger partial charge in [-0.25, -0.2) is 9.69 Å². The van der Waals surface area contributed by atoms with Crippen LogP contribution in [0.15, 0.2) is 59.5 Å². The number of carboxylic acid groups (broad SMARTS) is 1. The van der Waals surface area contributed by atoms with Gasteiger partial charge in [-0.15, -0.1) is 23.1 Å². The molecular formula is C21H15NO4S2. The Morgan fingerprint density at radius 2 is 1.71 bits per heavy atom. The highest BCUT2D eigenvalue weighted by molar-refractivity contribution is 7.98. The minimum atomic E-state index is -1.16. The monoisotopic (exact) mass is 409 g/mol. The summed E-state index contributed by atoms with van der Waals surface area (Å²) in [6, 6.07) is 16.1. The number of thioether (sulfide) groups is 1. The van der Waals surface area contributed by atoms with E-state index in [0.29, 0.717) is 16.9 Å². The lowest BCUT2D eigenvalue weighted by Crippen LogP contribution is -2.29. The molecule has 0 bridgehead atoms. The number of fused-ring (bicyclic) bond motifs is 1. The number of hydrogen-bond donors (Lipinski definition) is 1. The second-order valence-electron chi connectivity index (χ2n) is 6.33. The Kier molecular flexibility index (Phi) is 4.78. The molecule has 2 amide bonds. The summed E-state index contributed by atoms with van der Waals surface area (Å²) in [5.74, 6) is -1.57. The van der Waals surface area contributed by atoms with E-state index in [-0.39, 0.29) is 10.6 Å². The normalized spacial score (nSPS) is 13.1. The van der Waals surface area contributed by atoms with E-state index >= 15 is 0 Å². The van der Waals surface area contributed by atoms with Crippen molar-refractivity contribution >= 4 is 45.9 Å². The van der Waals surface area contributed by atoms with Crippen LogP contribution < -0.4 is 4.90 Å². The summed E-state index contributed by atoms with van der Waals surface area (Å²) in [6.07, 6.45) is 0. The molecule has 3 aromatic rings. The number of carboxylic acids is 1. The van der Waals surface area contributed by atoms with Gasteiger partial charge in [-0.2, -0.15) is 0 Å². The fourth-order valence-electron chi connectivity index (χ4n) is 3.06. The van der Waals surface area contributed by atoms with Gasteiger partial charge in [0.15, 0.2) is 0 Å². The number of hydrogen-bond acceptors (Lipinski definition) is 5. The molecule has 5 nitrogen and oxygen atoms in total. The SMILES string of the molecule is Cc1cccc(SCc2cc(C(=O)O)c(N3C(=O)c4ccccc4C3=O)s2)c1. The summed E-state index contributed by atoms with van der Waals surface area (Å²) < 4.78 is 0. The van der Waals surface area contributed by atoms with Crippen molar-refractivity contribution in [2.45, 2.75) is 17.6 Å². The van der Waals surface area contributed by atoms with Crippen LogP contribution >= 0.6 is 23.1 Å². The standard InChI is InChI=1S/C21H15NO4S2/c1-12-5-4-6-13(9-12)27-11-14-10-17(21(25)26)20(28-14)22-18(23)15-7-2-3-8-16(15)19(22)24/h2-10H,11H2,1H3,(H,25,26). The maximum atomic E-state index is 12.7. The quantitative estimate of drug-likeness (QED) is 0.482. The number of aryl methyl sites for hydroxylation is 1. The maximum absolute atomic E-state index is 12.7. The molecule has 1 aliphatic heterocycles. The molecule has 1 N–H and O–H groups in total. The fourth-order valence-corrected chi connectivity index (χ4v) is 5.24. The van der Waals surface area contributed by atoms with Gasteiger partial charge in [0.2, 0.25) is 0 Å². The van der Waals surface area contributed by atoms with Crippen LogP contribution in [0.1, 0.15) is 41.5 Å². The van der Waals surface area contributed by atoms with Crippen molar-refractivity contribution < 1.29 is 19.5 Å². The van der Waals surface area contributed by atoms with Crippen LogP contribution in [0.5, 0.6) is 0 Å². The van der Waals surface area contributed by atoms with Gasteiger partial charge >= 0.3 is 5.97 Å². The Bertz CT molecular complexity index is 1080. The van der Waals surface area contributed by atoms with Crippen molar-refractivity contribution in [2.24, 2.45) is 0 Å². The van der Waals surface area contributed by atoms with Crippen molar-refractivity contribution in [3.8, 4) is 0 Å². The minimum Gasteiger partial charge on any atom is -0.478 e. The summed E-state index contributed by atoms with van der Waals surface area (Å²) in [5, 5.41) is 9.77. The van der Waals surface area contributed by atoms with Crippen molar-refractivity contribution in [1.82, 2.24) is 0 Å². The van der Waals surface area contributed by atoms with Crippen molar-refractivity contribution in [3.63, 3.8) is 0 Å². The number of carbonyl (C=O) groups is 3. The number of thiophene rings is 1. The van der Waals surface area contributed by atoms with Crippen LogP contribution in [0.2, 0.25) is 0 Å². The van der Waals surface area contributed by atoms with Crippen LogP contribution in [-0.4, -0.2) is 22.9 Å². The van der Waals surface area contributed by atoms with Crippen molar-refractivity contribution in [1.29, 1.82) is 0 Å². The molecule has 0 fully saturated rings. The second-order valence-corrected chi connectivity index (χ2v) is 8.50. The topological polar surface area (TPSA) is 74.7 Å². The zero-order valence-electron chi connectivity index (χ0n) is 14.8. The molecule has 2 aromatic carbocycles. The Morgan fingerprint density at radius 3 is 2.32 bits per heavy atom. The van der Waals surface area contributed by atoms with E-state index in [1.807, 2.05) is 25.1 Å². The van der Waals surface area contributed by atoms with Gasteiger partial charge < -0.3 is 5.11 Å². The molecule has 0 saturated carbocycles. The molecule has 4 rings (SSSR count). The van der Waals surface area contributed by atoms with E-state index in [1.54, 1.807) is 42.1 Å². The van der Waals surface area contributed by atoms with Crippen molar-refractivity contribution in [2.75, 3.05) is 4.90 Å². The Balaban J connectivity index is 1.66. The van der Waals surface area contributed by atoms with Crippen LogP contribution in [0.25, 0.3) is 0 Å². The van der Waals surface area contributed by atoms with Crippen LogP contribution in [0.3, 0.4) is 0 Å². The Morgan fingerprint density at radius 1 is 1.04 bits per heavy atom. The van der Waals surface area contributed by atoms with Gasteiger partial charge in [-0.1, -0.05) is 29.8 Å². The van der Waals surface area contributed by atoms with Gasteiger partial charge in [-0.05, 0) is 37.3 Å². The smallest absolute Gasteiger partial charge is 0.338 e. The predicted octanol–water partition coefficient (Wildman–Crippen LogP) is 4.85. The zero-order chi connectivity index (χ0) is 19.8. The Labute approximate surface area is 169 Å². The van der Waals surface area contributed by atoms with Gasteiger partial charge in [0, 0.05) is 15.5 Å². The average molecular weight is 409 g/mol. The number of aromatic carboxylic acids is 1. The molecule has 0 aliphatic carbocycles. The van der Waals surface area contributed by atoms with E-state index < -0.39 is 17.8 Å². The molecule has 0 saturated heterocycles. The minimum absolute atomic E-state index is 0.0284. The highest BCUT2D eigenvalue weighted by atomic mass is 32.2. The van der Waals surface area contributed by atoms with Gasteiger partial charge in [0.05, 0.1) is 16.7 Å². The molecule has 0 unspecified atom stereocenters. The number of rotatable bonds is 5. The summed E-state index contributed by atoms with van der Waals surface area (Å²) in [7, 11) is 0. The first-order valence-electron chi connectivity index (χ1n) is 8.49. The fraction of sp³-hybridized carbons (Fsp3) is 0.0952. The molecule has 0 atom stereocenters. The number of carbonyl (C=O) groups excluding carboxylic acids is 2. The number of nitrogens with zero attached hydrogens (tertiary/aromatic N) is 1. The third-order valence-electron chi connectivity index (χ3n) is 4.36. The molecule has 1 aliphatic rings. The zero-order valence-corrected chi connectivity index (χ0v) is 16.5. The number of imide groups is 1. The molecule has 7 heteroatoms. The lowest BCUT2D eigenvalue weighted by Gasteiger charge is -2.12. The average Bonchev–Trinajstić information content (AvgIpc) is 3.20. The molecule has 0 radical (unpaired) electrons. The third-order valence-corrected chi connectivity index (χ3v) is 6.71. The highest BCUT2D eigenvalue weighted by Gasteiger charge is 2.39. The van der Waals surface area contributed by atoms with Crippen LogP contribution in [-0.2, 0) is 5.75 Å². The van der Waals surface area contributed by atoms with Gasteiger partial charge in [-0.3, -0.25) is 9.59 Å². The van der Waals surface area contributed by atoms with E-state index in [9.17, 15) is 19.5 Å². The first-order valence-corrected chi connectivity index (χ1v) is 10.3. The van der Waals surface area contributed by atoms with Gasteiger partial charge in [0.25, 0.3) is 11.8 Å².